The highest BCUT2D eigenvalue weighted by Crippen LogP contribution is 2.43. The van der Waals surface area contributed by atoms with Crippen molar-refractivity contribution in [3.8, 4) is 11.8 Å². The Bertz CT molecular complexity index is 1300. The fraction of sp³-hybridized carbons (Fsp3) is 0.192. The van der Waals surface area contributed by atoms with E-state index in [1.165, 1.54) is 13.2 Å². The molecule has 0 spiro atoms. The van der Waals surface area contributed by atoms with E-state index in [0.29, 0.717) is 37.8 Å². The lowest BCUT2D eigenvalue weighted by Crippen LogP contribution is -2.29. The van der Waals surface area contributed by atoms with Crippen LogP contribution in [0, 0.1) is 11.3 Å². The van der Waals surface area contributed by atoms with E-state index in [-0.39, 0.29) is 29.4 Å². The van der Waals surface area contributed by atoms with Crippen LogP contribution >= 0.6 is 35.0 Å². The zero-order valence-corrected chi connectivity index (χ0v) is 21.9. The molecular weight excluding hydrogens is 521 g/mol. The monoisotopic (exact) mass is 543 g/mol. The zero-order valence-electron chi connectivity index (χ0n) is 19.6. The zero-order chi connectivity index (χ0) is 26.2. The topological polar surface area (TPSA) is 100 Å². The molecule has 0 radical (unpaired) electrons. The highest BCUT2D eigenvalue weighted by molar-refractivity contribution is 8.03. The molecule has 36 heavy (non-hydrogen) atoms. The van der Waals surface area contributed by atoms with Gasteiger partial charge in [-0.1, -0.05) is 65.8 Å². The van der Waals surface area contributed by atoms with Gasteiger partial charge in [0.2, 0.25) is 5.91 Å². The van der Waals surface area contributed by atoms with E-state index in [4.69, 9.17) is 32.7 Å². The van der Waals surface area contributed by atoms with Crippen LogP contribution in [0.2, 0.25) is 10.0 Å². The molecule has 0 aromatic heterocycles. The second-order valence-electron chi connectivity index (χ2n) is 7.54. The summed E-state index contributed by atoms with van der Waals surface area (Å²) < 4.78 is 10.6. The number of hydrogen-bond donors (Lipinski definition) is 2. The number of dihydropyridines is 1. The summed E-state index contributed by atoms with van der Waals surface area (Å²) in [4.78, 5) is 25.7. The van der Waals surface area contributed by atoms with Gasteiger partial charge < -0.3 is 20.1 Å². The third-order valence-electron chi connectivity index (χ3n) is 5.20. The second kappa shape index (κ2) is 12.5. The molecule has 186 valence electrons. The number of thioether (sulfide) groups is 1. The molecule has 0 fully saturated rings. The largest absolute Gasteiger partial charge is 0.495 e. The van der Waals surface area contributed by atoms with E-state index in [1.54, 1.807) is 49.4 Å². The summed E-state index contributed by atoms with van der Waals surface area (Å²) in [7, 11) is 1.49. The molecule has 0 saturated carbocycles. The molecule has 2 N–H and O–H groups in total. The number of rotatable bonds is 9. The minimum atomic E-state index is -0.777. The average Bonchev–Trinajstić information content (AvgIpc) is 2.86. The molecule has 3 rings (SSSR count). The van der Waals surface area contributed by atoms with Crippen LogP contribution in [0.3, 0.4) is 0 Å². The first-order valence-electron chi connectivity index (χ1n) is 10.7. The Balaban J connectivity index is 1.92. The minimum Gasteiger partial charge on any atom is -0.495 e. The van der Waals surface area contributed by atoms with Crippen LogP contribution in [0.1, 0.15) is 18.4 Å². The Morgan fingerprint density at radius 3 is 2.69 bits per heavy atom. The quantitative estimate of drug-likeness (QED) is 0.304. The molecule has 1 aliphatic rings. The summed E-state index contributed by atoms with van der Waals surface area (Å²) in [6.07, 6.45) is 1.46. The van der Waals surface area contributed by atoms with Crippen molar-refractivity contribution in [1.82, 2.24) is 5.32 Å². The number of ether oxygens (including phenoxy) is 2. The highest BCUT2D eigenvalue weighted by atomic mass is 35.5. The van der Waals surface area contributed by atoms with E-state index < -0.39 is 11.9 Å². The van der Waals surface area contributed by atoms with Gasteiger partial charge in [0, 0.05) is 15.7 Å². The number of allylic oxidation sites excluding steroid dienone is 2. The minimum absolute atomic E-state index is 0.0190. The third-order valence-corrected chi connectivity index (χ3v) is 6.80. The predicted octanol–water partition coefficient (Wildman–Crippen LogP) is 5.80. The second-order valence-corrected chi connectivity index (χ2v) is 9.37. The summed E-state index contributed by atoms with van der Waals surface area (Å²) in [6.45, 7) is 5.30. The van der Waals surface area contributed by atoms with Gasteiger partial charge in [-0.15, -0.1) is 0 Å². The maximum atomic E-state index is 13.0. The molecule has 1 aliphatic heterocycles. The van der Waals surface area contributed by atoms with Gasteiger partial charge >= 0.3 is 5.97 Å². The van der Waals surface area contributed by atoms with E-state index in [0.717, 1.165) is 11.8 Å². The van der Waals surface area contributed by atoms with Crippen molar-refractivity contribution in [2.75, 3.05) is 24.8 Å². The SMILES string of the molecule is C=CCOC(=O)C1=C(C)NC(SCC(=O)Nc2cc(Cl)ccc2OC)=C(C#N)C1c1ccccc1Cl. The number of halogens is 2. The number of nitrogens with one attached hydrogen (secondary N) is 2. The highest BCUT2D eigenvalue weighted by Gasteiger charge is 2.36. The van der Waals surface area contributed by atoms with Crippen LogP contribution in [0.4, 0.5) is 5.69 Å². The standard InChI is InChI=1S/C26H23Cl2N3O4S/c1-4-11-35-26(33)23-15(2)30-25(18(13-29)24(23)17-7-5-6-8-19(17)28)36-14-22(32)31-20-12-16(27)9-10-21(20)34-3/h4-10,12,24,30H,1,11,14H2,2-3H3,(H,31,32). The van der Waals surface area contributed by atoms with Gasteiger partial charge in [0.05, 0.1) is 46.7 Å². The van der Waals surface area contributed by atoms with Gasteiger partial charge in [-0.25, -0.2) is 4.79 Å². The van der Waals surface area contributed by atoms with Crippen molar-refractivity contribution in [3.05, 3.63) is 92.6 Å². The molecule has 7 nitrogen and oxygen atoms in total. The molecule has 10 heteroatoms. The van der Waals surface area contributed by atoms with Crippen molar-refractivity contribution >= 4 is 52.5 Å². The van der Waals surface area contributed by atoms with Gasteiger partial charge in [0.15, 0.2) is 0 Å². The third kappa shape index (κ3) is 6.24. The first-order chi connectivity index (χ1) is 17.3. The number of carbonyl (C=O) groups excluding carboxylic acids is 2. The van der Waals surface area contributed by atoms with Crippen LogP contribution in [-0.2, 0) is 14.3 Å². The molecule has 1 amide bonds. The van der Waals surface area contributed by atoms with Crippen LogP contribution in [-0.4, -0.2) is 31.3 Å². The summed E-state index contributed by atoms with van der Waals surface area (Å²) >= 11 is 13.6. The number of anilines is 1. The number of benzene rings is 2. The summed E-state index contributed by atoms with van der Waals surface area (Å²) in [5.41, 5.74) is 2.01. The van der Waals surface area contributed by atoms with Crippen LogP contribution in [0.5, 0.6) is 5.75 Å². The lowest BCUT2D eigenvalue weighted by molar-refractivity contribution is -0.138. The van der Waals surface area contributed by atoms with Crippen LogP contribution in [0.15, 0.2) is 77.0 Å². The molecule has 0 bridgehead atoms. The Kier molecular flexibility index (Phi) is 9.48. The number of esters is 1. The van der Waals surface area contributed by atoms with Crippen molar-refractivity contribution in [1.29, 1.82) is 5.26 Å². The van der Waals surface area contributed by atoms with Crippen molar-refractivity contribution < 1.29 is 19.1 Å². The van der Waals surface area contributed by atoms with E-state index in [9.17, 15) is 14.9 Å². The van der Waals surface area contributed by atoms with Gasteiger partial charge in [-0.2, -0.15) is 5.26 Å². The molecule has 1 unspecified atom stereocenters. The summed E-state index contributed by atoms with van der Waals surface area (Å²) in [5, 5.41) is 17.3. The van der Waals surface area contributed by atoms with Crippen LogP contribution in [0.25, 0.3) is 0 Å². The molecule has 1 atom stereocenters. The first kappa shape index (κ1) is 27.2. The molecule has 2 aromatic rings. The van der Waals surface area contributed by atoms with E-state index in [1.807, 2.05) is 0 Å². The molecule has 1 heterocycles. The van der Waals surface area contributed by atoms with Gasteiger partial charge in [-0.3, -0.25) is 4.79 Å². The Morgan fingerprint density at radius 2 is 2.03 bits per heavy atom. The molecular formula is C26H23Cl2N3O4S. The number of nitrogens with zero attached hydrogens (tertiary/aromatic N) is 1. The Labute approximate surface area is 223 Å². The number of carbonyl (C=O) groups is 2. The van der Waals surface area contributed by atoms with Gasteiger partial charge in [0.25, 0.3) is 0 Å². The molecule has 0 aliphatic carbocycles. The first-order valence-corrected chi connectivity index (χ1v) is 12.5. The Hall–Kier alpha value is -3.38. The van der Waals surface area contributed by atoms with Crippen LogP contribution < -0.4 is 15.4 Å². The molecule has 2 aromatic carbocycles. The molecule has 0 saturated heterocycles. The number of amides is 1. The smallest absolute Gasteiger partial charge is 0.337 e. The predicted molar refractivity (Wildman–Crippen MR) is 143 cm³/mol. The fourth-order valence-electron chi connectivity index (χ4n) is 3.63. The number of hydrogen-bond acceptors (Lipinski definition) is 7. The maximum absolute atomic E-state index is 13.0. The summed E-state index contributed by atoms with van der Waals surface area (Å²) in [6, 6.07) is 14.1. The van der Waals surface area contributed by atoms with E-state index >= 15 is 0 Å². The normalized spacial score (nSPS) is 15.0. The maximum Gasteiger partial charge on any atom is 0.337 e. The fourth-order valence-corrected chi connectivity index (χ4v) is 4.94. The van der Waals surface area contributed by atoms with Crippen molar-refractivity contribution in [3.63, 3.8) is 0 Å². The Morgan fingerprint density at radius 1 is 1.28 bits per heavy atom. The van der Waals surface area contributed by atoms with Gasteiger partial charge in [0.1, 0.15) is 12.4 Å². The number of nitriles is 1. The summed E-state index contributed by atoms with van der Waals surface area (Å²) in [5.74, 6) is -1.26. The van der Waals surface area contributed by atoms with Crippen molar-refractivity contribution in [2.24, 2.45) is 0 Å². The lowest BCUT2D eigenvalue weighted by Gasteiger charge is -2.29. The average molecular weight is 544 g/mol. The lowest BCUT2D eigenvalue weighted by atomic mass is 9.82. The van der Waals surface area contributed by atoms with E-state index in [2.05, 4.69) is 23.3 Å². The number of methoxy groups -OCH3 is 1. The van der Waals surface area contributed by atoms with Gasteiger partial charge in [-0.05, 0) is 36.8 Å². The van der Waals surface area contributed by atoms with Crippen molar-refractivity contribution in [2.45, 2.75) is 12.8 Å².